The number of rotatable bonds is 10. The normalized spacial score (nSPS) is 29.7. The summed E-state index contributed by atoms with van der Waals surface area (Å²) >= 11 is 0. The molecule has 0 bridgehead atoms. The van der Waals surface area contributed by atoms with Crippen LogP contribution in [0.15, 0.2) is 34.9 Å². The van der Waals surface area contributed by atoms with Gasteiger partial charge in [0.2, 0.25) is 0 Å². The fourth-order valence-electron chi connectivity index (χ4n) is 3.15. The molecule has 0 aromatic rings. The van der Waals surface area contributed by atoms with Crippen LogP contribution in [0.3, 0.4) is 0 Å². The number of unbranched alkanes of at least 4 members (excludes halogenated alkanes) is 1. The van der Waals surface area contributed by atoms with Crippen LogP contribution in [0.1, 0.15) is 72.6 Å². The topological polar surface area (TPSA) is 90.2 Å². The molecule has 5 nitrogen and oxygen atoms in total. The average molecular weight is 383 g/mol. The zero-order valence-corrected chi connectivity index (χ0v) is 17.3. The van der Waals surface area contributed by atoms with Crippen LogP contribution >= 0.6 is 0 Å². The molecule has 5 heteroatoms. The molecule has 0 aromatic carbocycles. The van der Waals surface area contributed by atoms with Crippen molar-refractivity contribution in [1.82, 2.24) is 0 Å². The van der Waals surface area contributed by atoms with Crippen molar-refractivity contribution in [3.63, 3.8) is 0 Å². The Morgan fingerprint density at radius 1 is 0.926 bits per heavy atom. The standard InChI is InChI=1S/C22H38O5/c1-16(2)9-7-11-18(4)13-8-12-17(3)10-5-6-14-22(26)21(25)20(24)19(23)15-27-22/h9-10,13,19-21,23-26H,5-8,11-12,14-15H2,1-4H3/t19-,20+,21-,22?/m1/s1. The minimum Gasteiger partial charge on any atom is -0.388 e. The van der Waals surface area contributed by atoms with Crippen LogP contribution in [0.25, 0.3) is 0 Å². The van der Waals surface area contributed by atoms with Crippen molar-refractivity contribution in [1.29, 1.82) is 0 Å². The Bertz CT molecular complexity index is 533. The molecule has 1 aliphatic heterocycles. The molecule has 1 aliphatic rings. The number of hydrogen-bond acceptors (Lipinski definition) is 5. The van der Waals surface area contributed by atoms with Gasteiger partial charge >= 0.3 is 0 Å². The molecule has 1 unspecified atom stereocenters. The summed E-state index contributed by atoms with van der Waals surface area (Å²) in [5.41, 5.74) is 4.09. The van der Waals surface area contributed by atoms with Crippen molar-refractivity contribution in [2.24, 2.45) is 0 Å². The summed E-state index contributed by atoms with van der Waals surface area (Å²) in [5.74, 6) is -1.79. The van der Waals surface area contributed by atoms with Crippen molar-refractivity contribution >= 4 is 0 Å². The summed E-state index contributed by atoms with van der Waals surface area (Å²) in [5, 5.41) is 39.4. The smallest absolute Gasteiger partial charge is 0.194 e. The maximum absolute atomic E-state index is 10.3. The second-order valence-corrected chi connectivity index (χ2v) is 8.01. The molecular weight excluding hydrogens is 344 g/mol. The highest BCUT2D eigenvalue weighted by Gasteiger charge is 2.47. The number of hydrogen-bond donors (Lipinski definition) is 4. The zero-order chi connectivity index (χ0) is 20.4. The van der Waals surface area contributed by atoms with E-state index in [2.05, 4.69) is 45.9 Å². The van der Waals surface area contributed by atoms with Gasteiger partial charge in [0.1, 0.15) is 18.3 Å². The summed E-state index contributed by atoms with van der Waals surface area (Å²) in [6.07, 6.45) is 8.53. The molecule has 1 saturated heterocycles. The Kier molecular flexibility index (Phi) is 10.5. The first-order chi connectivity index (χ1) is 12.7. The van der Waals surface area contributed by atoms with Crippen LogP contribution in [0, 0.1) is 0 Å². The van der Waals surface area contributed by atoms with E-state index >= 15 is 0 Å². The first kappa shape index (κ1) is 24.1. The van der Waals surface area contributed by atoms with Gasteiger partial charge < -0.3 is 25.2 Å². The lowest BCUT2D eigenvalue weighted by Gasteiger charge is -2.41. The molecule has 156 valence electrons. The molecule has 4 N–H and O–H groups in total. The van der Waals surface area contributed by atoms with E-state index in [0.29, 0.717) is 6.42 Å². The summed E-state index contributed by atoms with van der Waals surface area (Å²) < 4.78 is 5.17. The SMILES string of the molecule is CC(C)=CCCC(C)=CCCC(C)=CCCCC1(O)OC[C@@H](O)[C@H](O)[C@H]1O. The van der Waals surface area contributed by atoms with Crippen molar-refractivity contribution in [2.45, 2.75) is 96.7 Å². The summed E-state index contributed by atoms with van der Waals surface area (Å²) in [6, 6.07) is 0. The maximum atomic E-state index is 10.3. The van der Waals surface area contributed by atoms with Crippen LogP contribution in [0.2, 0.25) is 0 Å². The van der Waals surface area contributed by atoms with Gasteiger partial charge in [0, 0.05) is 6.42 Å². The van der Waals surface area contributed by atoms with Gasteiger partial charge in [-0.2, -0.15) is 0 Å². The van der Waals surface area contributed by atoms with E-state index in [9.17, 15) is 20.4 Å². The van der Waals surface area contributed by atoms with Gasteiger partial charge in [-0.15, -0.1) is 0 Å². The summed E-state index contributed by atoms with van der Waals surface area (Å²) in [6.45, 7) is 8.35. The third-order valence-corrected chi connectivity index (χ3v) is 5.04. The van der Waals surface area contributed by atoms with Gasteiger partial charge in [-0.3, -0.25) is 0 Å². The van der Waals surface area contributed by atoms with E-state index in [0.717, 1.165) is 32.1 Å². The largest absolute Gasteiger partial charge is 0.388 e. The maximum Gasteiger partial charge on any atom is 0.194 e. The predicted molar refractivity (Wildman–Crippen MR) is 108 cm³/mol. The van der Waals surface area contributed by atoms with Crippen LogP contribution in [-0.4, -0.2) is 51.1 Å². The molecule has 0 aliphatic carbocycles. The van der Waals surface area contributed by atoms with Crippen LogP contribution in [0.5, 0.6) is 0 Å². The summed E-state index contributed by atoms with van der Waals surface area (Å²) in [4.78, 5) is 0. The molecule has 0 radical (unpaired) electrons. The van der Waals surface area contributed by atoms with E-state index in [-0.39, 0.29) is 13.0 Å². The minimum absolute atomic E-state index is 0.178. The van der Waals surface area contributed by atoms with Gasteiger partial charge in [0.15, 0.2) is 5.79 Å². The summed E-state index contributed by atoms with van der Waals surface area (Å²) in [7, 11) is 0. The Balaban J connectivity index is 2.29. The van der Waals surface area contributed by atoms with Crippen LogP contribution in [0.4, 0.5) is 0 Å². The zero-order valence-electron chi connectivity index (χ0n) is 17.3. The second-order valence-electron chi connectivity index (χ2n) is 8.01. The third-order valence-electron chi connectivity index (χ3n) is 5.04. The van der Waals surface area contributed by atoms with E-state index in [1.54, 1.807) is 0 Å². The van der Waals surface area contributed by atoms with Crippen molar-refractivity contribution in [3.8, 4) is 0 Å². The highest BCUT2D eigenvalue weighted by atomic mass is 16.6. The quantitative estimate of drug-likeness (QED) is 0.343. The van der Waals surface area contributed by atoms with Gasteiger partial charge in [0.05, 0.1) is 6.61 Å². The van der Waals surface area contributed by atoms with Gasteiger partial charge in [-0.25, -0.2) is 0 Å². The average Bonchev–Trinajstić information content (AvgIpc) is 2.60. The molecular formula is C22H38O5. The number of aliphatic hydroxyl groups excluding tert-OH is 3. The van der Waals surface area contributed by atoms with Crippen LogP contribution < -0.4 is 0 Å². The van der Waals surface area contributed by atoms with Crippen LogP contribution in [-0.2, 0) is 4.74 Å². The van der Waals surface area contributed by atoms with E-state index in [4.69, 9.17) is 4.74 Å². The lowest BCUT2D eigenvalue weighted by Crippen LogP contribution is -2.60. The number of aliphatic hydroxyl groups is 4. The van der Waals surface area contributed by atoms with Gasteiger partial charge in [-0.1, -0.05) is 34.9 Å². The fraction of sp³-hybridized carbons (Fsp3) is 0.727. The first-order valence-electron chi connectivity index (χ1n) is 10.0. The molecule has 0 amide bonds. The molecule has 1 fully saturated rings. The molecule has 27 heavy (non-hydrogen) atoms. The van der Waals surface area contributed by atoms with E-state index in [1.165, 1.54) is 16.7 Å². The highest BCUT2D eigenvalue weighted by molar-refractivity contribution is 5.05. The molecule has 0 saturated carbocycles. The fourth-order valence-corrected chi connectivity index (χ4v) is 3.15. The minimum atomic E-state index is -1.79. The molecule has 1 heterocycles. The number of ether oxygens (including phenoxy) is 1. The Morgan fingerprint density at radius 3 is 2.07 bits per heavy atom. The Labute approximate surface area is 164 Å². The third kappa shape index (κ3) is 8.71. The van der Waals surface area contributed by atoms with E-state index < -0.39 is 24.1 Å². The molecule has 0 spiro atoms. The van der Waals surface area contributed by atoms with Crippen molar-refractivity contribution in [2.75, 3.05) is 6.61 Å². The Morgan fingerprint density at radius 2 is 1.48 bits per heavy atom. The van der Waals surface area contributed by atoms with Crippen molar-refractivity contribution in [3.05, 3.63) is 34.9 Å². The van der Waals surface area contributed by atoms with E-state index in [1.807, 2.05) is 0 Å². The molecule has 4 atom stereocenters. The van der Waals surface area contributed by atoms with Gasteiger partial charge in [-0.05, 0) is 66.2 Å². The number of allylic oxidation sites excluding steroid dienone is 6. The molecule has 0 aromatic heterocycles. The monoisotopic (exact) mass is 382 g/mol. The predicted octanol–water partition coefficient (Wildman–Crippen LogP) is 3.38. The second kappa shape index (κ2) is 11.8. The van der Waals surface area contributed by atoms with Gasteiger partial charge in [0.25, 0.3) is 0 Å². The van der Waals surface area contributed by atoms with Crippen molar-refractivity contribution < 1.29 is 25.2 Å². The highest BCUT2D eigenvalue weighted by Crippen LogP contribution is 2.28. The molecule has 1 rings (SSSR count). The first-order valence-corrected chi connectivity index (χ1v) is 10.0. The lowest BCUT2D eigenvalue weighted by molar-refractivity contribution is -0.323. The lowest BCUT2D eigenvalue weighted by atomic mass is 9.92. The Hall–Kier alpha value is -0.980.